The predicted octanol–water partition coefficient (Wildman–Crippen LogP) is 2.27. The first-order chi connectivity index (χ1) is 7.59. The third kappa shape index (κ3) is 1.76. The summed E-state index contributed by atoms with van der Waals surface area (Å²) in [5, 5.41) is 0. The molecule has 0 amide bonds. The molecule has 1 aromatic heterocycles. The van der Waals surface area contributed by atoms with Crippen molar-refractivity contribution >= 4 is 5.78 Å². The van der Waals surface area contributed by atoms with E-state index in [-0.39, 0.29) is 5.78 Å². The van der Waals surface area contributed by atoms with Crippen LogP contribution >= 0.6 is 0 Å². The van der Waals surface area contributed by atoms with Gasteiger partial charge >= 0.3 is 0 Å². The van der Waals surface area contributed by atoms with Crippen LogP contribution in [0.1, 0.15) is 27.2 Å². The van der Waals surface area contributed by atoms with Gasteiger partial charge in [0.25, 0.3) is 0 Å². The zero-order valence-corrected chi connectivity index (χ0v) is 9.69. The average molecular weight is 214 g/mol. The maximum Gasteiger partial charge on any atom is 0.213 e. The van der Waals surface area contributed by atoms with E-state index in [1.807, 2.05) is 39.1 Å². The minimum atomic E-state index is -0.0122. The minimum Gasteiger partial charge on any atom is -0.340 e. The van der Waals surface area contributed by atoms with Gasteiger partial charge in [-0.3, -0.25) is 4.79 Å². The normalized spacial score (nSPS) is 10.4. The van der Waals surface area contributed by atoms with Crippen LogP contribution in [-0.2, 0) is 7.05 Å². The van der Waals surface area contributed by atoms with E-state index in [1.54, 1.807) is 17.1 Å². The Hall–Kier alpha value is -1.90. The quantitative estimate of drug-likeness (QED) is 0.719. The number of hydrogen-bond donors (Lipinski definition) is 0. The third-order valence-corrected chi connectivity index (χ3v) is 2.79. The fraction of sp³-hybridized carbons (Fsp3) is 0.231. The Balaban J connectivity index is 2.45. The molecule has 0 aliphatic heterocycles. The van der Waals surface area contributed by atoms with E-state index >= 15 is 0 Å². The summed E-state index contributed by atoms with van der Waals surface area (Å²) in [6.45, 7) is 3.97. The van der Waals surface area contributed by atoms with Gasteiger partial charge in [0.15, 0.2) is 0 Å². The van der Waals surface area contributed by atoms with Crippen LogP contribution in [0.5, 0.6) is 0 Å². The largest absolute Gasteiger partial charge is 0.340 e. The summed E-state index contributed by atoms with van der Waals surface area (Å²) in [7, 11) is 1.85. The minimum absolute atomic E-state index is 0.0122. The van der Waals surface area contributed by atoms with Gasteiger partial charge in [0, 0.05) is 18.8 Å². The first-order valence-electron chi connectivity index (χ1n) is 5.18. The molecular formula is C13H14N2O. The summed E-state index contributed by atoms with van der Waals surface area (Å²) in [5.74, 6) is -0.0122. The summed E-state index contributed by atoms with van der Waals surface area (Å²) in [5.41, 5.74) is 3.38. The molecular weight excluding hydrogens is 200 g/mol. The molecule has 3 nitrogen and oxygen atoms in total. The van der Waals surface area contributed by atoms with Crippen molar-refractivity contribution in [2.45, 2.75) is 13.8 Å². The van der Waals surface area contributed by atoms with Crippen molar-refractivity contribution in [1.29, 1.82) is 0 Å². The molecule has 0 fully saturated rings. The SMILES string of the molecule is Cc1cccc(C(=O)c2cn(C)cn2)c1C. The van der Waals surface area contributed by atoms with E-state index in [4.69, 9.17) is 0 Å². The van der Waals surface area contributed by atoms with E-state index in [9.17, 15) is 4.79 Å². The van der Waals surface area contributed by atoms with Crippen LogP contribution in [0.3, 0.4) is 0 Å². The highest BCUT2D eigenvalue weighted by atomic mass is 16.1. The van der Waals surface area contributed by atoms with Crippen molar-refractivity contribution < 1.29 is 4.79 Å². The first-order valence-corrected chi connectivity index (χ1v) is 5.18. The van der Waals surface area contributed by atoms with Gasteiger partial charge in [0.2, 0.25) is 5.78 Å². The number of carbonyl (C=O) groups excluding carboxylic acids is 1. The van der Waals surface area contributed by atoms with Crippen LogP contribution in [0.15, 0.2) is 30.7 Å². The molecule has 0 spiro atoms. The molecule has 0 atom stereocenters. The summed E-state index contributed by atoms with van der Waals surface area (Å²) in [4.78, 5) is 16.2. The van der Waals surface area contributed by atoms with Gasteiger partial charge in [0.05, 0.1) is 6.33 Å². The number of imidazole rings is 1. The topological polar surface area (TPSA) is 34.9 Å². The highest BCUT2D eigenvalue weighted by molar-refractivity contribution is 6.08. The van der Waals surface area contributed by atoms with Crippen LogP contribution in [0.2, 0.25) is 0 Å². The zero-order valence-electron chi connectivity index (χ0n) is 9.69. The number of carbonyl (C=O) groups is 1. The molecule has 0 saturated heterocycles. The lowest BCUT2D eigenvalue weighted by molar-refractivity contribution is 0.103. The van der Waals surface area contributed by atoms with Crippen molar-refractivity contribution in [1.82, 2.24) is 9.55 Å². The Bertz CT molecular complexity index is 541. The van der Waals surface area contributed by atoms with E-state index < -0.39 is 0 Å². The lowest BCUT2D eigenvalue weighted by Gasteiger charge is -2.05. The Kier molecular flexibility index (Phi) is 2.60. The number of benzene rings is 1. The fourth-order valence-electron chi connectivity index (χ4n) is 1.67. The molecule has 0 aliphatic rings. The first kappa shape index (κ1) is 10.6. The Morgan fingerprint density at radius 3 is 2.69 bits per heavy atom. The molecule has 0 bridgehead atoms. The van der Waals surface area contributed by atoms with Gasteiger partial charge in [-0.1, -0.05) is 18.2 Å². The summed E-state index contributed by atoms with van der Waals surface area (Å²) < 4.78 is 1.78. The van der Waals surface area contributed by atoms with Crippen molar-refractivity contribution in [3.8, 4) is 0 Å². The average Bonchev–Trinajstić information content (AvgIpc) is 2.68. The lowest BCUT2D eigenvalue weighted by atomic mass is 9.99. The van der Waals surface area contributed by atoms with Crippen molar-refractivity contribution in [2.24, 2.45) is 7.05 Å². The Morgan fingerprint density at radius 2 is 2.06 bits per heavy atom. The monoisotopic (exact) mass is 214 g/mol. The summed E-state index contributed by atoms with van der Waals surface area (Å²) >= 11 is 0. The van der Waals surface area contributed by atoms with Crippen LogP contribution in [-0.4, -0.2) is 15.3 Å². The maximum absolute atomic E-state index is 12.2. The molecule has 2 rings (SSSR count). The van der Waals surface area contributed by atoms with Crippen LogP contribution in [0.4, 0.5) is 0 Å². The van der Waals surface area contributed by atoms with Crippen LogP contribution in [0, 0.1) is 13.8 Å². The lowest BCUT2D eigenvalue weighted by Crippen LogP contribution is -2.05. The molecule has 3 heteroatoms. The van der Waals surface area contributed by atoms with Crippen molar-refractivity contribution in [3.63, 3.8) is 0 Å². The van der Waals surface area contributed by atoms with Gasteiger partial charge in [0.1, 0.15) is 5.69 Å². The zero-order chi connectivity index (χ0) is 11.7. The Labute approximate surface area is 94.7 Å². The number of hydrogen-bond acceptors (Lipinski definition) is 2. The molecule has 0 unspecified atom stereocenters. The predicted molar refractivity (Wildman–Crippen MR) is 62.6 cm³/mol. The van der Waals surface area contributed by atoms with Gasteiger partial charge in [-0.15, -0.1) is 0 Å². The van der Waals surface area contributed by atoms with Gasteiger partial charge in [-0.2, -0.15) is 0 Å². The molecule has 0 radical (unpaired) electrons. The highest BCUT2D eigenvalue weighted by Crippen LogP contribution is 2.16. The smallest absolute Gasteiger partial charge is 0.213 e. The molecule has 0 saturated carbocycles. The van der Waals surface area contributed by atoms with Crippen LogP contribution < -0.4 is 0 Å². The number of ketones is 1. The van der Waals surface area contributed by atoms with Gasteiger partial charge in [-0.25, -0.2) is 4.98 Å². The standard InChI is InChI=1S/C13H14N2O/c1-9-5-4-6-11(10(9)2)13(16)12-7-15(3)8-14-12/h4-8H,1-3H3. The van der Waals surface area contributed by atoms with Crippen molar-refractivity contribution in [2.75, 3.05) is 0 Å². The van der Waals surface area contributed by atoms with Gasteiger partial charge < -0.3 is 4.57 Å². The number of rotatable bonds is 2. The second-order valence-electron chi connectivity index (χ2n) is 4.00. The molecule has 0 N–H and O–H groups in total. The Morgan fingerprint density at radius 1 is 1.31 bits per heavy atom. The number of aromatic nitrogens is 2. The van der Waals surface area contributed by atoms with Crippen molar-refractivity contribution in [3.05, 3.63) is 53.1 Å². The van der Waals surface area contributed by atoms with E-state index in [1.165, 1.54) is 0 Å². The highest BCUT2D eigenvalue weighted by Gasteiger charge is 2.14. The molecule has 2 aromatic rings. The summed E-state index contributed by atoms with van der Waals surface area (Å²) in [6, 6.07) is 5.75. The molecule has 16 heavy (non-hydrogen) atoms. The maximum atomic E-state index is 12.2. The summed E-state index contributed by atoms with van der Waals surface area (Å²) in [6.07, 6.45) is 3.38. The number of aryl methyl sites for hydroxylation is 2. The number of nitrogens with zero attached hydrogens (tertiary/aromatic N) is 2. The fourth-order valence-corrected chi connectivity index (χ4v) is 1.67. The third-order valence-electron chi connectivity index (χ3n) is 2.79. The van der Waals surface area contributed by atoms with E-state index in [0.717, 1.165) is 16.7 Å². The molecule has 1 aromatic carbocycles. The van der Waals surface area contributed by atoms with Gasteiger partial charge in [-0.05, 0) is 25.0 Å². The van der Waals surface area contributed by atoms with E-state index in [2.05, 4.69) is 4.98 Å². The molecule has 0 aliphatic carbocycles. The molecule has 1 heterocycles. The second-order valence-corrected chi connectivity index (χ2v) is 4.00. The van der Waals surface area contributed by atoms with Crippen LogP contribution in [0.25, 0.3) is 0 Å². The van der Waals surface area contributed by atoms with E-state index in [0.29, 0.717) is 5.69 Å². The molecule has 82 valence electrons. The second kappa shape index (κ2) is 3.93.